The van der Waals surface area contributed by atoms with Crippen LogP contribution in [0.2, 0.25) is 0 Å². The average Bonchev–Trinajstić information content (AvgIpc) is 2.85. The maximum atomic E-state index is 12.7. The summed E-state index contributed by atoms with van der Waals surface area (Å²) in [5.74, 6) is -0.858. The third kappa shape index (κ3) is 3.21. The Hall–Kier alpha value is -2.55. The number of rotatable bonds is 5. The molecule has 1 aromatic heterocycles. The van der Waals surface area contributed by atoms with Crippen LogP contribution in [0.1, 0.15) is 46.6 Å². The number of aliphatic hydroxyl groups is 1. The van der Waals surface area contributed by atoms with E-state index in [0.29, 0.717) is 12.0 Å². The van der Waals surface area contributed by atoms with Crippen LogP contribution < -0.4 is 11.5 Å². The Labute approximate surface area is 135 Å². The van der Waals surface area contributed by atoms with Gasteiger partial charge in [-0.3, -0.25) is 4.79 Å². The van der Waals surface area contributed by atoms with Crippen molar-refractivity contribution in [3.8, 4) is 0 Å². The van der Waals surface area contributed by atoms with E-state index in [0.717, 1.165) is 12.1 Å². The fourth-order valence-corrected chi connectivity index (χ4v) is 2.56. The lowest BCUT2D eigenvalue weighted by molar-refractivity contribution is -0.137. The van der Waals surface area contributed by atoms with Gasteiger partial charge in [-0.1, -0.05) is 19.1 Å². The van der Waals surface area contributed by atoms with E-state index in [1.54, 1.807) is 6.92 Å². The lowest BCUT2D eigenvalue weighted by atomic mass is 10.0. The van der Waals surface area contributed by atoms with Crippen molar-refractivity contribution in [2.24, 2.45) is 5.73 Å². The molecule has 0 spiro atoms. The zero-order valence-electron chi connectivity index (χ0n) is 12.8. The van der Waals surface area contributed by atoms with Crippen LogP contribution >= 0.6 is 0 Å². The summed E-state index contributed by atoms with van der Waals surface area (Å²) in [4.78, 5) is 11.5. The molecule has 0 aliphatic rings. The highest BCUT2D eigenvalue weighted by Gasteiger charge is 2.30. The van der Waals surface area contributed by atoms with Gasteiger partial charge in [0, 0.05) is 0 Å². The van der Waals surface area contributed by atoms with Gasteiger partial charge in [0.25, 0.3) is 5.91 Å². The summed E-state index contributed by atoms with van der Waals surface area (Å²) in [6, 6.07) is 4.12. The van der Waals surface area contributed by atoms with Crippen LogP contribution in [0.15, 0.2) is 24.3 Å². The van der Waals surface area contributed by atoms with Crippen molar-refractivity contribution < 1.29 is 23.1 Å². The summed E-state index contributed by atoms with van der Waals surface area (Å²) in [6.45, 7) is 1.27. The summed E-state index contributed by atoms with van der Waals surface area (Å²) in [5.41, 5.74) is 10.9. The van der Waals surface area contributed by atoms with E-state index in [-0.39, 0.29) is 17.1 Å². The van der Waals surface area contributed by atoms with Gasteiger partial charge in [0.1, 0.15) is 17.1 Å². The molecule has 0 bridgehead atoms. The molecule has 6 nitrogen and oxygen atoms in total. The topological polar surface area (TPSA) is 107 Å². The number of aliphatic hydroxyl groups excluding tert-OH is 1. The van der Waals surface area contributed by atoms with Crippen LogP contribution in [0.3, 0.4) is 0 Å². The van der Waals surface area contributed by atoms with Crippen molar-refractivity contribution in [2.75, 3.05) is 5.73 Å². The number of alkyl halides is 3. The maximum Gasteiger partial charge on any atom is 0.416 e. The Morgan fingerprint density at radius 3 is 2.29 bits per heavy atom. The monoisotopic (exact) mass is 342 g/mol. The number of anilines is 1. The highest BCUT2D eigenvalue weighted by Crippen LogP contribution is 2.32. The first kappa shape index (κ1) is 17.8. The molecular weight excluding hydrogens is 325 g/mol. The Kier molecular flexibility index (Phi) is 4.83. The summed E-state index contributed by atoms with van der Waals surface area (Å²) in [6.07, 6.45) is -3.96. The highest BCUT2D eigenvalue weighted by atomic mass is 19.4. The lowest BCUT2D eigenvalue weighted by Gasteiger charge is -2.18. The van der Waals surface area contributed by atoms with Crippen LogP contribution in [0.4, 0.5) is 19.0 Å². The van der Waals surface area contributed by atoms with E-state index >= 15 is 0 Å². The minimum atomic E-state index is -4.42. The number of hydrogen-bond donors (Lipinski definition) is 3. The maximum absolute atomic E-state index is 12.7. The summed E-state index contributed by atoms with van der Waals surface area (Å²) < 4.78 is 39.3. The Balaban J connectivity index is 2.48. The predicted octanol–water partition coefficient (Wildman–Crippen LogP) is 2.07. The number of benzene rings is 1. The normalized spacial score (nSPS) is 13.0. The summed E-state index contributed by atoms with van der Waals surface area (Å²) >= 11 is 0. The molecule has 2 rings (SSSR count). The quantitative estimate of drug-likeness (QED) is 0.773. The first-order chi connectivity index (χ1) is 11.2. The van der Waals surface area contributed by atoms with Crippen molar-refractivity contribution in [1.82, 2.24) is 9.78 Å². The van der Waals surface area contributed by atoms with E-state index < -0.39 is 30.3 Å². The molecule has 0 aliphatic heterocycles. The van der Waals surface area contributed by atoms with Gasteiger partial charge in [-0.15, -0.1) is 0 Å². The first-order valence-electron chi connectivity index (χ1n) is 7.15. The van der Waals surface area contributed by atoms with Crippen LogP contribution in [0, 0.1) is 0 Å². The zero-order valence-corrected chi connectivity index (χ0v) is 12.8. The smallest absolute Gasteiger partial charge is 0.390 e. The van der Waals surface area contributed by atoms with E-state index in [1.807, 2.05) is 0 Å². The molecule has 0 fully saturated rings. The summed E-state index contributed by atoms with van der Waals surface area (Å²) in [5, 5.41) is 13.4. The second-order valence-electron chi connectivity index (χ2n) is 5.22. The Bertz CT molecular complexity index is 738. The average molecular weight is 342 g/mol. The molecule has 1 heterocycles. The van der Waals surface area contributed by atoms with Gasteiger partial charge in [-0.25, -0.2) is 4.68 Å². The van der Waals surface area contributed by atoms with E-state index in [4.69, 9.17) is 11.5 Å². The van der Waals surface area contributed by atoms with E-state index in [2.05, 4.69) is 5.10 Å². The molecule has 1 amide bonds. The number of carbonyl (C=O) groups excluding carboxylic acids is 1. The molecule has 5 N–H and O–H groups in total. The minimum Gasteiger partial charge on any atom is -0.390 e. The third-order valence-electron chi connectivity index (χ3n) is 3.72. The number of nitrogens with zero attached hydrogens (tertiary/aromatic N) is 2. The number of amides is 1. The van der Waals surface area contributed by atoms with E-state index in [9.17, 15) is 23.1 Å². The second kappa shape index (κ2) is 6.52. The van der Waals surface area contributed by atoms with Gasteiger partial charge in [0.05, 0.1) is 18.2 Å². The molecule has 24 heavy (non-hydrogen) atoms. The molecule has 0 saturated carbocycles. The SMILES string of the molecule is CCC(c1ccc(C(F)(F)F)cc1)n1nc(CO)c(C(N)=O)c1N. The van der Waals surface area contributed by atoms with Crippen LogP contribution in [0.25, 0.3) is 0 Å². The van der Waals surface area contributed by atoms with Gasteiger partial charge in [-0.05, 0) is 24.1 Å². The molecule has 1 unspecified atom stereocenters. The van der Waals surface area contributed by atoms with Crippen LogP contribution in [-0.2, 0) is 12.8 Å². The van der Waals surface area contributed by atoms with Gasteiger partial charge in [0.15, 0.2) is 0 Å². The third-order valence-corrected chi connectivity index (χ3v) is 3.72. The lowest BCUT2D eigenvalue weighted by Crippen LogP contribution is -2.17. The molecule has 9 heteroatoms. The van der Waals surface area contributed by atoms with Gasteiger partial charge >= 0.3 is 6.18 Å². The van der Waals surface area contributed by atoms with Gasteiger partial charge in [-0.2, -0.15) is 18.3 Å². The number of primary amides is 1. The predicted molar refractivity (Wildman–Crippen MR) is 81.0 cm³/mol. The van der Waals surface area contributed by atoms with Crippen molar-refractivity contribution >= 4 is 11.7 Å². The number of nitrogen functional groups attached to an aromatic ring is 1. The number of carbonyl (C=O) groups is 1. The highest BCUT2D eigenvalue weighted by molar-refractivity contribution is 5.98. The van der Waals surface area contributed by atoms with Crippen molar-refractivity contribution in [1.29, 1.82) is 0 Å². The van der Waals surface area contributed by atoms with Gasteiger partial charge < -0.3 is 16.6 Å². The molecule has 0 aliphatic carbocycles. The largest absolute Gasteiger partial charge is 0.416 e. The first-order valence-corrected chi connectivity index (χ1v) is 7.15. The molecular formula is C15H17F3N4O2. The molecule has 0 radical (unpaired) electrons. The van der Waals surface area contributed by atoms with Crippen LogP contribution in [0.5, 0.6) is 0 Å². The standard InChI is InChI=1S/C15H17F3N4O2/c1-2-11(8-3-5-9(6-4-8)15(16,17)18)22-13(19)12(14(20)24)10(7-23)21-22/h3-6,11,23H,2,7,19H2,1H3,(H2,20,24). The fourth-order valence-electron chi connectivity index (χ4n) is 2.56. The van der Waals surface area contributed by atoms with Crippen molar-refractivity contribution in [3.63, 3.8) is 0 Å². The molecule has 0 saturated heterocycles. The zero-order chi connectivity index (χ0) is 18.1. The van der Waals surface area contributed by atoms with Gasteiger partial charge in [0.2, 0.25) is 0 Å². The molecule has 1 atom stereocenters. The second-order valence-corrected chi connectivity index (χ2v) is 5.22. The fraction of sp³-hybridized carbons (Fsp3) is 0.333. The van der Waals surface area contributed by atoms with Crippen LogP contribution in [-0.4, -0.2) is 20.8 Å². The Morgan fingerprint density at radius 2 is 1.92 bits per heavy atom. The Morgan fingerprint density at radius 1 is 1.33 bits per heavy atom. The minimum absolute atomic E-state index is 0.0294. The number of aromatic nitrogens is 2. The summed E-state index contributed by atoms with van der Waals surface area (Å²) in [7, 11) is 0. The van der Waals surface area contributed by atoms with E-state index in [1.165, 1.54) is 16.8 Å². The molecule has 130 valence electrons. The number of nitrogens with two attached hydrogens (primary N) is 2. The number of halogens is 3. The molecule has 1 aromatic carbocycles. The molecule has 2 aromatic rings. The number of hydrogen-bond acceptors (Lipinski definition) is 4. The van der Waals surface area contributed by atoms with Crippen molar-refractivity contribution in [3.05, 3.63) is 46.6 Å². The van der Waals surface area contributed by atoms with Crippen molar-refractivity contribution in [2.45, 2.75) is 32.2 Å².